The van der Waals surface area contributed by atoms with E-state index >= 15 is 0 Å². The summed E-state index contributed by atoms with van der Waals surface area (Å²) >= 11 is 0. The normalized spacial score (nSPS) is 10.6. The highest BCUT2D eigenvalue weighted by Crippen LogP contribution is 2.26. The predicted octanol–water partition coefficient (Wildman–Crippen LogP) is 3.23. The van der Waals surface area contributed by atoms with E-state index in [9.17, 15) is 13.2 Å². The molecular formula is C13H10F3N. The van der Waals surface area contributed by atoms with Gasteiger partial charge in [0.2, 0.25) is 0 Å². The van der Waals surface area contributed by atoms with Crippen LogP contribution in [0.2, 0.25) is 0 Å². The molecule has 2 N–H and O–H groups in total. The number of hydrogen-bond donors (Lipinski definition) is 1. The van der Waals surface area contributed by atoms with Crippen LogP contribution in [0.4, 0.5) is 13.2 Å². The largest absolute Gasteiger partial charge is 0.326 e. The number of nitrogens with two attached hydrogens (primary N) is 1. The number of benzene rings is 2. The van der Waals surface area contributed by atoms with Crippen LogP contribution in [0.15, 0.2) is 36.4 Å². The van der Waals surface area contributed by atoms with Crippen molar-refractivity contribution >= 4 is 0 Å². The molecule has 0 spiro atoms. The van der Waals surface area contributed by atoms with E-state index in [2.05, 4.69) is 0 Å². The van der Waals surface area contributed by atoms with Gasteiger partial charge in [-0.05, 0) is 41.0 Å². The van der Waals surface area contributed by atoms with Crippen LogP contribution in [0.3, 0.4) is 0 Å². The minimum atomic E-state index is -0.963. The maximum atomic E-state index is 13.1. The predicted molar refractivity (Wildman–Crippen MR) is 59.6 cm³/mol. The summed E-state index contributed by atoms with van der Waals surface area (Å²) in [6, 6.07) is 7.51. The Kier molecular flexibility index (Phi) is 3.15. The summed E-state index contributed by atoms with van der Waals surface area (Å²) in [5.41, 5.74) is 7.08. The molecule has 0 aliphatic heterocycles. The molecule has 0 radical (unpaired) electrons. The van der Waals surface area contributed by atoms with Gasteiger partial charge in [-0.15, -0.1) is 0 Å². The van der Waals surface area contributed by atoms with Gasteiger partial charge < -0.3 is 5.73 Å². The van der Waals surface area contributed by atoms with Gasteiger partial charge in [-0.25, -0.2) is 13.2 Å². The molecule has 0 amide bonds. The number of rotatable bonds is 2. The first-order chi connectivity index (χ1) is 8.11. The maximum absolute atomic E-state index is 13.1. The van der Waals surface area contributed by atoms with Crippen LogP contribution in [0, 0.1) is 17.5 Å². The van der Waals surface area contributed by atoms with Crippen molar-refractivity contribution in [3.63, 3.8) is 0 Å². The van der Waals surface area contributed by atoms with Crippen LogP contribution in [-0.2, 0) is 6.54 Å². The first-order valence-corrected chi connectivity index (χ1v) is 5.05. The Morgan fingerprint density at radius 2 is 1.65 bits per heavy atom. The molecule has 17 heavy (non-hydrogen) atoms. The zero-order chi connectivity index (χ0) is 12.4. The summed E-state index contributed by atoms with van der Waals surface area (Å²) < 4.78 is 39.0. The molecule has 4 heteroatoms. The van der Waals surface area contributed by atoms with E-state index in [0.717, 1.165) is 12.1 Å². The smallest absolute Gasteiger partial charge is 0.159 e. The van der Waals surface area contributed by atoms with Crippen molar-refractivity contribution in [3.05, 3.63) is 59.4 Å². The first kappa shape index (κ1) is 11.7. The van der Waals surface area contributed by atoms with Gasteiger partial charge in [0.25, 0.3) is 0 Å². The molecule has 2 aromatic rings. The van der Waals surface area contributed by atoms with Crippen molar-refractivity contribution in [2.75, 3.05) is 0 Å². The molecular weight excluding hydrogens is 227 g/mol. The van der Waals surface area contributed by atoms with Crippen LogP contribution >= 0.6 is 0 Å². The third-order valence-electron chi connectivity index (χ3n) is 2.52. The second-order valence-corrected chi connectivity index (χ2v) is 3.63. The van der Waals surface area contributed by atoms with E-state index in [1.807, 2.05) is 0 Å². The summed E-state index contributed by atoms with van der Waals surface area (Å²) in [5, 5.41) is 0. The summed E-state index contributed by atoms with van der Waals surface area (Å²) in [4.78, 5) is 0. The minimum Gasteiger partial charge on any atom is -0.326 e. The Bertz CT molecular complexity index is 552. The SMILES string of the molecule is NCc1ccc(F)cc1-c1ccc(F)c(F)c1. The van der Waals surface area contributed by atoms with Gasteiger partial charge in [0, 0.05) is 6.54 Å². The standard InChI is InChI=1S/C13H10F3N/c14-10-3-1-9(7-17)11(6-10)8-2-4-12(15)13(16)5-8/h1-6H,7,17H2. The quantitative estimate of drug-likeness (QED) is 0.852. The first-order valence-electron chi connectivity index (χ1n) is 5.05. The lowest BCUT2D eigenvalue weighted by atomic mass is 9.99. The van der Waals surface area contributed by atoms with E-state index in [1.165, 1.54) is 24.3 Å². The molecule has 0 bridgehead atoms. The van der Waals surface area contributed by atoms with E-state index in [4.69, 9.17) is 5.73 Å². The highest BCUT2D eigenvalue weighted by molar-refractivity contribution is 5.67. The van der Waals surface area contributed by atoms with Crippen LogP contribution in [0.25, 0.3) is 11.1 Å². The molecule has 0 saturated heterocycles. The third kappa shape index (κ3) is 2.31. The highest BCUT2D eigenvalue weighted by atomic mass is 19.2. The van der Waals surface area contributed by atoms with Crippen LogP contribution < -0.4 is 5.73 Å². The van der Waals surface area contributed by atoms with Crippen molar-refractivity contribution in [3.8, 4) is 11.1 Å². The Hall–Kier alpha value is -1.81. The molecule has 1 nitrogen and oxygen atoms in total. The van der Waals surface area contributed by atoms with E-state index < -0.39 is 17.5 Å². The monoisotopic (exact) mass is 237 g/mol. The molecule has 2 aromatic carbocycles. The molecule has 0 fully saturated rings. The van der Waals surface area contributed by atoms with Gasteiger partial charge in [-0.3, -0.25) is 0 Å². The lowest BCUT2D eigenvalue weighted by Crippen LogP contribution is -2.00. The molecule has 0 aromatic heterocycles. The zero-order valence-corrected chi connectivity index (χ0v) is 8.88. The van der Waals surface area contributed by atoms with E-state index in [1.54, 1.807) is 0 Å². The van der Waals surface area contributed by atoms with Gasteiger partial charge in [-0.2, -0.15) is 0 Å². The summed E-state index contributed by atoms with van der Waals surface area (Å²) in [7, 11) is 0. The summed E-state index contributed by atoms with van der Waals surface area (Å²) in [5.74, 6) is -2.34. The average molecular weight is 237 g/mol. The topological polar surface area (TPSA) is 26.0 Å². The second-order valence-electron chi connectivity index (χ2n) is 3.63. The van der Waals surface area contributed by atoms with Gasteiger partial charge in [0.1, 0.15) is 5.82 Å². The molecule has 0 heterocycles. The van der Waals surface area contributed by atoms with Crippen LogP contribution in [0.5, 0.6) is 0 Å². The van der Waals surface area contributed by atoms with Crippen LogP contribution in [-0.4, -0.2) is 0 Å². The summed E-state index contributed by atoms with van der Waals surface area (Å²) in [6.45, 7) is 0.203. The fourth-order valence-corrected chi connectivity index (χ4v) is 1.66. The molecule has 0 unspecified atom stereocenters. The molecule has 0 aliphatic carbocycles. The molecule has 0 saturated carbocycles. The summed E-state index contributed by atoms with van der Waals surface area (Å²) in [6.07, 6.45) is 0. The number of hydrogen-bond acceptors (Lipinski definition) is 1. The van der Waals surface area contributed by atoms with Crippen molar-refractivity contribution in [2.24, 2.45) is 5.73 Å². The molecule has 2 rings (SSSR count). The fourth-order valence-electron chi connectivity index (χ4n) is 1.66. The van der Waals surface area contributed by atoms with E-state index in [0.29, 0.717) is 16.7 Å². The van der Waals surface area contributed by atoms with Gasteiger partial charge in [-0.1, -0.05) is 12.1 Å². The van der Waals surface area contributed by atoms with Crippen molar-refractivity contribution < 1.29 is 13.2 Å². The maximum Gasteiger partial charge on any atom is 0.159 e. The second kappa shape index (κ2) is 4.59. The van der Waals surface area contributed by atoms with E-state index in [-0.39, 0.29) is 6.54 Å². The Balaban J connectivity index is 2.58. The minimum absolute atomic E-state index is 0.203. The van der Waals surface area contributed by atoms with Gasteiger partial charge in [0.05, 0.1) is 0 Å². The van der Waals surface area contributed by atoms with Crippen molar-refractivity contribution in [1.29, 1.82) is 0 Å². The third-order valence-corrected chi connectivity index (χ3v) is 2.52. The average Bonchev–Trinajstić information content (AvgIpc) is 2.32. The van der Waals surface area contributed by atoms with Crippen molar-refractivity contribution in [1.82, 2.24) is 0 Å². The Morgan fingerprint density at radius 3 is 2.29 bits per heavy atom. The van der Waals surface area contributed by atoms with Crippen LogP contribution in [0.1, 0.15) is 5.56 Å². The Morgan fingerprint density at radius 1 is 0.882 bits per heavy atom. The van der Waals surface area contributed by atoms with Gasteiger partial charge in [0.15, 0.2) is 11.6 Å². The zero-order valence-electron chi connectivity index (χ0n) is 8.88. The molecule has 0 atom stereocenters. The molecule has 0 aliphatic rings. The Labute approximate surface area is 96.7 Å². The fraction of sp³-hybridized carbons (Fsp3) is 0.0769. The number of halogens is 3. The lowest BCUT2D eigenvalue weighted by molar-refractivity contribution is 0.509. The lowest BCUT2D eigenvalue weighted by Gasteiger charge is -2.08. The highest BCUT2D eigenvalue weighted by Gasteiger charge is 2.09. The van der Waals surface area contributed by atoms with Crippen molar-refractivity contribution in [2.45, 2.75) is 6.54 Å². The molecule has 88 valence electrons. The van der Waals surface area contributed by atoms with Gasteiger partial charge >= 0.3 is 0 Å².